The summed E-state index contributed by atoms with van der Waals surface area (Å²) < 4.78 is 0. The zero-order chi connectivity index (χ0) is 13.8. The standard InChI is InChI=1S/C17H28N2/c1-13-9-14(2)11-16(10-13)17(12-18)19-8-6-4-5-7-15(19)3/h9-11,15,17H,4-8,12,18H2,1-3H3. The van der Waals surface area contributed by atoms with Gasteiger partial charge in [-0.25, -0.2) is 0 Å². The van der Waals surface area contributed by atoms with E-state index in [-0.39, 0.29) is 0 Å². The molecule has 0 aromatic heterocycles. The summed E-state index contributed by atoms with van der Waals surface area (Å²) >= 11 is 0. The molecule has 0 saturated carbocycles. The Bertz CT molecular complexity index is 393. The molecule has 0 bridgehead atoms. The highest BCUT2D eigenvalue weighted by molar-refractivity contribution is 5.31. The minimum Gasteiger partial charge on any atom is -0.329 e. The van der Waals surface area contributed by atoms with E-state index in [2.05, 4.69) is 43.9 Å². The van der Waals surface area contributed by atoms with Crippen LogP contribution >= 0.6 is 0 Å². The molecule has 19 heavy (non-hydrogen) atoms. The zero-order valence-corrected chi connectivity index (χ0v) is 12.7. The summed E-state index contributed by atoms with van der Waals surface area (Å²) in [7, 11) is 0. The van der Waals surface area contributed by atoms with Gasteiger partial charge in [-0.15, -0.1) is 0 Å². The molecule has 2 heteroatoms. The fraction of sp³-hybridized carbons (Fsp3) is 0.647. The van der Waals surface area contributed by atoms with Gasteiger partial charge in [0.2, 0.25) is 0 Å². The van der Waals surface area contributed by atoms with Crippen molar-refractivity contribution < 1.29 is 0 Å². The van der Waals surface area contributed by atoms with Crippen molar-refractivity contribution in [2.75, 3.05) is 13.1 Å². The van der Waals surface area contributed by atoms with Crippen molar-refractivity contribution in [3.63, 3.8) is 0 Å². The van der Waals surface area contributed by atoms with Gasteiger partial charge in [-0.3, -0.25) is 4.90 Å². The van der Waals surface area contributed by atoms with Crippen molar-refractivity contribution in [3.05, 3.63) is 34.9 Å². The predicted molar refractivity (Wildman–Crippen MR) is 82.3 cm³/mol. The highest BCUT2D eigenvalue weighted by atomic mass is 15.2. The quantitative estimate of drug-likeness (QED) is 0.900. The van der Waals surface area contributed by atoms with Gasteiger partial charge < -0.3 is 5.73 Å². The molecule has 0 radical (unpaired) electrons. The molecule has 2 unspecified atom stereocenters. The van der Waals surface area contributed by atoms with Crippen LogP contribution in [0.4, 0.5) is 0 Å². The minimum absolute atomic E-state index is 0.381. The fourth-order valence-corrected chi connectivity index (χ4v) is 3.43. The first-order chi connectivity index (χ1) is 9.11. The average molecular weight is 260 g/mol. The van der Waals surface area contributed by atoms with Gasteiger partial charge in [-0.2, -0.15) is 0 Å². The molecule has 1 aromatic carbocycles. The van der Waals surface area contributed by atoms with E-state index in [0.717, 1.165) is 0 Å². The number of hydrogen-bond acceptors (Lipinski definition) is 2. The highest BCUT2D eigenvalue weighted by Crippen LogP contribution is 2.28. The summed E-state index contributed by atoms with van der Waals surface area (Å²) in [6.45, 7) is 8.62. The van der Waals surface area contributed by atoms with E-state index < -0.39 is 0 Å². The summed E-state index contributed by atoms with van der Waals surface area (Å²) in [5.41, 5.74) is 10.2. The molecule has 1 saturated heterocycles. The van der Waals surface area contributed by atoms with Crippen LogP contribution in [-0.4, -0.2) is 24.0 Å². The summed E-state index contributed by atoms with van der Waals surface area (Å²) in [5.74, 6) is 0. The highest BCUT2D eigenvalue weighted by Gasteiger charge is 2.25. The van der Waals surface area contributed by atoms with Crippen LogP contribution in [0.2, 0.25) is 0 Å². The van der Waals surface area contributed by atoms with Gasteiger partial charge in [-0.1, -0.05) is 42.2 Å². The smallest absolute Gasteiger partial charge is 0.0473 e. The Kier molecular flexibility index (Phi) is 5.00. The Morgan fingerprint density at radius 3 is 2.47 bits per heavy atom. The van der Waals surface area contributed by atoms with E-state index in [0.29, 0.717) is 18.6 Å². The van der Waals surface area contributed by atoms with E-state index in [1.54, 1.807) is 0 Å². The van der Waals surface area contributed by atoms with Gasteiger partial charge in [0, 0.05) is 18.6 Å². The molecule has 1 fully saturated rings. The van der Waals surface area contributed by atoms with E-state index >= 15 is 0 Å². The van der Waals surface area contributed by atoms with Crippen LogP contribution in [-0.2, 0) is 0 Å². The van der Waals surface area contributed by atoms with E-state index in [4.69, 9.17) is 5.73 Å². The number of rotatable bonds is 3. The number of hydrogen-bond donors (Lipinski definition) is 1. The minimum atomic E-state index is 0.381. The molecule has 2 atom stereocenters. The first-order valence-electron chi connectivity index (χ1n) is 7.66. The fourth-order valence-electron chi connectivity index (χ4n) is 3.43. The van der Waals surface area contributed by atoms with Gasteiger partial charge in [0.1, 0.15) is 0 Å². The first-order valence-corrected chi connectivity index (χ1v) is 7.66. The van der Waals surface area contributed by atoms with Crippen LogP contribution in [0.25, 0.3) is 0 Å². The van der Waals surface area contributed by atoms with E-state index in [1.165, 1.54) is 48.9 Å². The maximum atomic E-state index is 6.11. The maximum absolute atomic E-state index is 6.11. The Balaban J connectivity index is 2.26. The number of benzene rings is 1. The van der Waals surface area contributed by atoms with E-state index in [9.17, 15) is 0 Å². The predicted octanol–water partition coefficient (Wildman–Crippen LogP) is 3.57. The lowest BCUT2D eigenvalue weighted by Crippen LogP contribution is -2.39. The number of nitrogens with two attached hydrogens (primary N) is 1. The van der Waals surface area contributed by atoms with Crippen LogP contribution < -0.4 is 5.73 Å². The monoisotopic (exact) mass is 260 g/mol. The Morgan fingerprint density at radius 1 is 1.16 bits per heavy atom. The lowest BCUT2D eigenvalue weighted by molar-refractivity contribution is 0.150. The van der Waals surface area contributed by atoms with Gasteiger partial charge in [-0.05, 0) is 45.7 Å². The number of likely N-dealkylation sites (tertiary alicyclic amines) is 1. The van der Waals surface area contributed by atoms with Gasteiger partial charge >= 0.3 is 0 Å². The summed E-state index contributed by atoms with van der Waals surface area (Å²) in [6, 6.07) is 7.89. The van der Waals surface area contributed by atoms with Crippen molar-refractivity contribution >= 4 is 0 Å². The molecule has 1 aliphatic heterocycles. The van der Waals surface area contributed by atoms with Crippen molar-refractivity contribution in [1.29, 1.82) is 0 Å². The average Bonchev–Trinajstić information content (AvgIpc) is 2.55. The summed E-state index contributed by atoms with van der Waals surface area (Å²) in [5, 5.41) is 0. The Labute approximate surface area is 118 Å². The molecule has 2 N–H and O–H groups in total. The Hall–Kier alpha value is -0.860. The molecule has 1 heterocycles. The number of aryl methyl sites for hydroxylation is 2. The second kappa shape index (κ2) is 6.53. The SMILES string of the molecule is Cc1cc(C)cc(C(CN)N2CCCCCC2C)c1. The normalized spacial score (nSPS) is 23.1. The van der Waals surface area contributed by atoms with Gasteiger partial charge in [0.15, 0.2) is 0 Å². The third-order valence-electron chi connectivity index (χ3n) is 4.36. The molecule has 106 valence electrons. The summed E-state index contributed by atoms with van der Waals surface area (Å²) in [4.78, 5) is 2.63. The molecule has 1 aliphatic rings. The molecule has 0 spiro atoms. The van der Waals surface area contributed by atoms with Gasteiger partial charge in [0.25, 0.3) is 0 Å². The molecule has 2 rings (SSSR count). The summed E-state index contributed by atoms with van der Waals surface area (Å²) in [6.07, 6.45) is 5.35. The zero-order valence-electron chi connectivity index (χ0n) is 12.7. The van der Waals surface area contributed by atoms with Crippen LogP contribution in [0.5, 0.6) is 0 Å². The van der Waals surface area contributed by atoms with Crippen molar-refractivity contribution in [2.45, 2.75) is 58.5 Å². The van der Waals surface area contributed by atoms with Crippen LogP contribution in [0.15, 0.2) is 18.2 Å². The van der Waals surface area contributed by atoms with Crippen molar-refractivity contribution in [3.8, 4) is 0 Å². The maximum Gasteiger partial charge on any atom is 0.0473 e. The molecular weight excluding hydrogens is 232 g/mol. The third kappa shape index (κ3) is 3.58. The molecule has 0 amide bonds. The lowest BCUT2D eigenvalue weighted by atomic mass is 9.98. The van der Waals surface area contributed by atoms with E-state index in [1.807, 2.05) is 0 Å². The van der Waals surface area contributed by atoms with Crippen LogP contribution in [0.3, 0.4) is 0 Å². The Morgan fingerprint density at radius 2 is 1.84 bits per heavy atom. The topological polar surface area (TPSA) is 29.3 Å². The van der Waals surface area contributed by atoms with Gasteiger partial charge in [0.05, 0.1) is 0 Å². The molecule has 0 aliphatic carbocycles. The second-order valence-electron chi connectivity index (χ2n) is 6.11. The molecule has 1 aromatic rings. The van der Waals surface area contributed by atoms with Crippen molar-refractivity contribution in [1.82, 2.24) is 4.90 Å². The molecular formula is C17H28N2. The second-order valence-corrected chi connectivity index (χ2v) is 6.11. The number of nitrogens with zero attached hydrogens (tertiary/aromatic N) is 1. The first kappa shape index (κ1) is 14.5. The molecule has 2 nitrogen and oxygen atoms in total. The lowest BCUT2D eigenvalue weighted by Gasteiger charge is -2.35. The van der Waals surface area contributed by atoms with Crippen LogP contribution in [0, 0.1) is 13.8 Å². The third-order valence-corrected chi connectivity index (χ3v) is 4.36. The van der Waals surface area contributed by atoms with Crippen LogP contribution in [0.1, 0.15) is 55.3 Å². The van der Waals surface area contributed by atoms with Crippen molar-refractivity contribution in [2.24, 2.45) is 5.73 Å². The largest absolute Gasteiger partial charge is 0.329 e.